The molecule has 1 rings (SSSR count). The molecule has 0 bridgehead atoms. The Balaban J connectivity index is 3.05. The molecule has 0 aliphatic heterocycles. The fourth-order valence-electron chi connectivity index (χ4n) is 0.968. The van der Waals surface area contributed by atoms with Gasteiger partial charge in [0.15, 0.2) is 0 Å². The molecule has 1 nitrogen and oxygen atoms in total. The highest BCUT2D eigenvalue weighted by atomic mass is 79.9. The SMILES string of the molecule is CNc1ccccc1C=C(Br)Br. The first-order chi connectivity index (χ1) is 5.74. The zero-order valence-electron chi connectivity index (χ0n) is 6.64. The van der Waals surface area contributed by atoms with Gasteiger partial charge in [0.05, 0.1) is 3.39 Å². The van der Waals surface area contributed by atoms with Gasteiger partial charge in [-0.15, -0.1) is 0 Å². The van der Waals surface area contributed by atoms with E-state index in [1.807, 2.05) is 37.4 Å². The Labute approximate surface area is 89.1 Å². The van der Waals surface area contributed by atoms with Crippen molar-refractivity contribution in [1.82, 2.24) is 0 Å². The van der Waals surface area contributed by atoms with E-state index in [9.17, 15) is 0 Å². The van der Waals surface area contributed by atoms with E-state index in [2.05, 4.69) is 37.2 Å². The van der Waals surface area contributed by atoms with E-state index in [0.29, 0.717) is 0 Å². The van der Waals surface area contributed by atoms with Crippen LogP contribution in [0.4, 0.5) is 5.69 Å². The van der Waals surface area contributed by atoms with Crippen LogP contribution in [0.2, 0.25) is 0 Å². The number of halogens is 2. The average Bonchev–Trinajstić information content (AvgIpc) is 2.04. The van der Waals surface area contributed by atoms with Crippen LogP contribution in [0.3, 0.4) is 0 Å². The molecule has 1 aromatic rings. The summed E-state index contributed by atoms with van der Waals surface area (Å²) in [6, 6.07) is 8.10. The topological polar surface area (TPSA) is 12.0 Å². The summed E-state index contributed by atoms with van der Waals surface area (Å²) < 4.78 is 0.942. The molecule has 0 aliphatic rings. The van der Waals surface area contributed by atoms with Gasteiger partial charge in [0.25, 0.3) is 0 Å². The minimum atomic E-state index is 0.942. The molecule has 0 radical (unpaired) electrons. The monoisotopic (exact) mass is 289 g/mol. The molecule has 0 aromatic heterocycles. The molecule has 0 spiro atoms. The molecular formula is C9H9Br2N. The summed E-state index contributed by atoms with van der Waals surface area (Å²) in [6.07, 6.45) is 2.01. The highest BCUT2D eigenvalue weighted by molar-refractivity contribution is 9.28. The molecule has 0 heterocycles. The van der Waals surface area contributed by atoms with Crippen LogP contribution in [0.25, 0.3) is 6.08 Å². The Bertz CT molecular complexity index is 290. The van der Waals surface area contributed by atoms with E-state index in [0.717, 1.165) is 14.6 Å². The number of benzene rings is 1. The molecule has 3 heteroatoms. The third kappa shape index (κ3) is 2.64. The minimum absolute atomic E-state index is 0.942. The van der Waals surface area contributed by atoms with Gasteiger partial charge in [-0.05, 0) is 49.6 Å². The molecule has 1 aromatic carbocycles. The lowest BCUT2D eigenvalue weighted by atomic mass is 10.2. The predicted molar refractivity (Wildman–Crippen MR) is 61.8 cm³/mol. The number of para-hydroxylation sites is 1. The Morgan fingerprint density at radius 1 is 1.33 bits per heavy atom. The molecule has 64 valence electrons. The summed E-state index contributed by atoms with van der Waals surface area (Å²) in [4.78, 5) is 0. The summed E-state index contributed by atoms with van der Waals surface area (Å²) in [5, 5.41) is 3.11. The van der Waals surface area contributed by atoms with Crippen LogP contribution in [-0.4, -0.2) is 7.05 Å². The van der Waals surface area contributed by atoms with Gasteiger partial charge in [-0.2, -0.15) is 0 Å². The molecular weight excluding hydrogens is 282 g/mol. The highest BCUT2D eigenvalue weighted by Gasteiger charge is 1.95. The lowest BCUT2D eigenvalue weighted by molar-refractivity contribution is 1.49. The fraction of sp³-hybridized carbons (Fsp3) is 0.111. The first kappa shape index (κ1) is 9.81. The molecule has 0 saturated heterocycles. The second-order valence-corrected chi connectivity index (χ2v) is 5.04. The van der Waals surface area contributed by atoms with E-state index >= 15 is 0 Å². The lowest BCUT2D eigenvalue weighted by Crippen LogP contribution is -1.89. The standard InChI is InChI=1S/C9H9Br2N/c1-12-8-5-3-2-4-7(8)6-9(10)11/h2-6,12H,1H3. The molecule has 0 aliphatic carbocycles. The Morgan fingerprint density at radius 2 is 2.00 bits per heavy atom. The Morgan fingerprint density at radius 3 is 2.58 bits per heavy atom. The van der Waals surface area contributed by atoms with Gasteiger partial charge in [-0.25, -0.2) is 0 Å². The third-order valence-corrected chi connectivity index (χ3v) is 1.95. The smallest absolute Gasteiger partial charge is 0.0610 e. The van der Waals surface area contributed by atoms with Gasteiger partial charge >= 0.3 is 0 Å². The molecule has 0 amide bonds. The highest BCUT2D eigenvalue weighted by Crippen LogP contribution is 2.22. The van der Waals surface area contributed by atoms with Gasteiger partial charge in [-0.3, -0.25) is 0 Å². The van der Waals surface area contributed by atoms with Crippen molar-refractivity contribution in [2.24, 2.45) is 0 Å². The van der Waals surface area contributed by atoms with Gasteiger partial charge in [-0.1, -0.05) is 18.2 Å². The van der Waals surface area contributed by atoms with Crippen molar-refractivity contribution < 1.29 is 0 Å². The number of nitrogens with one attached hydrogen (secondary N) is 1. The van der Waals surface area contributed by atoms with E-state index in [1.54, 1.807) is 0 Å². The number of anilines is 1. The van der Waals surface area contributed by atoms with Crippen molar-refractivity contribution in [3.63, 3.8) is 0 Å². The molecule has 1 N–H and O–H groups in total. The largest absolute Gasteiger partial charge is 0.388 e. The van der Waals surface area contributed by atoms with Gasteiger partial charge < -0.3 is 5.32 Å². The van der Waals surface area contributed by atoms with Crippen molar-refractivity contribution in [3.05, 3.63) is 33.2 Å². The number of hydrogen-bond donors (Lipinski definition) is 1. The zero-order valence-corrected chi connectivity index (χ0v) is 9.81. The van der Waals surface area contributed by atoms with Gasteiger partial charge in [0.1, 0.15) is 0 Å². The second-order valence-electron chi connectivity index (χ2n) is 2.27. The van der Waals surface area contributed by atoms with E-state index in [1.165, 1.54) is 0 Å². The maximum atomic E-state index is 3.32. The normalized spacial score (nSPS) is 9.25. The van der Waals surface area contributed by atoms with Crippen LogP contribution < -0.4 is 5.32 Å². The molecule has 0 fully saturated rings. The maximum absolute atomic E-state index is 3.32. The van der Waals surface area contributed by atoms with E-state index < -0.39 is 0 Å². The van der Waals surface area contributed by atoms with Crippen molar-refractivity contribution in [1.29, 1.82) is 0 Å². The first-order valence-corrected chi connectivity index (χ1v) is 5.12. The van der Waals surface area contributed by atoms with Crippen molar-refractivity contribution in [2.75, 3.05) is 12.4 Å². The fourth-order valence-corrected chi connectivity index (χ4v) is 1.46. The predicted octanol–water partition coefficient (Wildman–Crippen LogP) is 3.82. The number of rotatable bonds is 2. The van der Waals surface area contributed by atoms with Crippen LogP contribution in [0.15, 0.2) is 27.7 Å². The third-order valence-electron chi connectivity index (χ3n) is 1.49. The van der Waals surface area contributed by atoms with Crippen LogP contribution in [-0.2, 0) is 0 Å². The minimum Gasteiger partial charge on any atom is -0.388 e. The molecule has 0 unspecified atom stereocenters. The molecule has 0 saturated carbocycles. The maximum Gasteiger partial charge on any atom is 0.0610 e. The summed E-state index contributed by atoms with van der Waals surface area (Å²) in [6.45, 7) is 0. The quantitative estimate of drug-likeness (QED) is 0.873. The summed E-state index contributed by atoms with van der Waals surface area (Å²) in [7, 11) is 1.91. The van der Waals surface area contributed by atoms with Gasteiger partial charge in [0, 0.05) is 12.7 Å². The number of hydrogen-bond acceptors (Lipinski definition) is 1. The molecule has 12 heavy (non-hydrogen) atoms. The van der Waals surface area contributed by atoms with E-state index in [4.69, 9.17) is 0 Å². The molecule has 0 atom stereocenters. The summed E-state index contributed by atoms with van der Waals surface area (Å²) in [5.74, 6) is 0. The van der Waals surface area contributed by atoms with Crippen LogP contribution in [0, 0.1) is 0 Å². The van der Waals surface area contributed by atoms with Crippen molar-refractivity contribution in [3.8, 4) is 0 Å². The summed E-state index contributed by atoms with van der Waals surface area (Å²) in [5.41, 5.74) is 2.28. The van der Waals surface area contributed by atoms with Crippen LogP contribution >= 0.6 is 31.9 Å². The first-order valence-electron chi connectivity index (χ1n) is 3.53. The van der Waals surface area contributed by atoms with Crippen LogP contribution in [0.5, 0.6) is 0 Å². The Kier molecular flexibility index (Phi) is 3.82. The zero-order chi connectivity index (χ0) is 8.97. The lowest BCUT2D eigenvalue weighted by Gasteiger charge is -2.03. The van der Waals surface area contributed by atoms with Crippen LogP contribution in [0.1, 0.15) is 5.56 Å². The van der Waals surface area contributed by atoms with Gasteiger partial charge in [0.2, 0.25) is 0 Å². The average molecular weight is 291 g/mol. The summed E-state index contributed by atoms with van der Waals surface area (Å²) >= 11 is 6.65. The van der Waals surface area contributed by atoms with Crippen molar-refractivity contribution in [2.45, 2.75) is 0 Å². The second kappa shape index (κ2) is 4.67. The van der Waals surface area contributed by atoms with E-state index in [-0.39, 0.29) is 0 Å². The Hall–Kier alpha value is -0.280. The van der Waals surface area contributed by atoms with Crippen molar-refractivity contribution >= 4 is 43.6 Å².